The summed E-state index contributed by atoms with van der Waals surface area (Å²) in [4.78, 5) is 6.97. The van der Waals surface area contributed by atoms with Crippen LogP contribution in [0.4, 0.5) is 5.13 Å². The third kappa shape index (κ3) is 2.68. The summed E-state index contributed by atoms with van der Waals surface area (Å²) in [6, 6.07) is 0. The maximum atomic E-state index is 4.63. The minimum absolute atomic E-state index is 0.680. The topological polar surface area (TPSA) is 29.0 Å². The van der Waals surface area contributed by atoms with Gasteiger partial charge in [0.25, 0.3) is 0 Å². The Morgan fingerprint density at radius 2 is 2.20 bits per heavy atom. The number of anilines is 1. The molecule has 0 aromatic carbocycles. The molecule has 4 heteroatoms. The summed E-state index contributed by atoms with van der Waals surface area (Å²) in [6.07, 6.45) is 5.06. The predicted molar refractivity (Wildman–Crippen MR) is 64.7 cm³/mol. The lowest BCUT2D eigenvalue weighted by Crippen LogP contribution is -2.23. The van der Waals surface area contributed by atoms with E-state index in [0.29, 0.717) is 5.92 Å². The van der Waals surface area contributed by atoms with Crippen molar-refractivity contribution in [2.75, 3.05) is 18.0 Å². The Morgan fingerprint density at radius 1 is 1.40 bits per heavy atom. The number of unbranched alkanes of at least 4 members (excludes halogenated alkanes) is 1. The molecule has 1 aromatic rings. The van der Waals surface area contributed by atoms with Crippen molar-refractivity contribution in [1.82, 2.24) is 9.36 Å². The first-order valence-corrected chi connectivity index (χ1v) is 6.71. The lowest BCUT2D eigenvalue weighted by atomic mass is 10.3. The van der Waals surface area contributed by atoms with Gasteiger partial charge in [0, 0.05) is 30.5 Å². The van der Waals surface area contributed by atoms with Crippen molar-refractivity contribution in [3.8, 4) is 0 Å². The first kappa shape index (κ1) is 10.9. The highest BCUT2D eigenvalue weighted by atomic mass is 32.1. The molecule has 0 unspecified atom stereocenters. The number of rotatable bonds is 6. The van der Waals surface area contributed by atoms with Gasteiger partial charge in [0.05, 0.1) is 0 Å². The van der Waals surface area contributed by atoms with Crippen molar-refractivity contribution in [3.05, 3.63) is 5.82 Å². The largest absolute Gasteiger partial charge is 0.347 e. The number of nitrogens with zero attached hydrogens (tertiary/aromatic N) is 3. The molecule has 1 saturated carbocycles. The highest BCUT2D eigenvalue weighted by molar-refractivity contribution is 7.09. The van der Waals surface area contributed by atoms with Crippen LogP contribution in [-0.2, 0) is 0 Å². The standard InChI is InChI=1S/C11H19N3S/c1-3-5-8-14(4-2)11-12-10(13-15-11)9-6-7-9/h9H,3-8H2,1-2H3. The molecule has 1 aliphatic carbocycles. The maximum Gasteiger partial charge on any atom is 0.205 e. The van der Waals surface area contributed by atoms with Crippen LogP contribution in [0.3, 0.4) is 0 Å². The van der Waals surface area contributed by atoms with Gasteiger partial charge >= 0.3 is 0 Å². The van der Waals surface area contributed by atoms with Gasteiger partial charge in [-0.05, 0) is 26.2 Å². The zero-order valence-electron chi connectivity index (χ0n) is 9.57. The third-order valence-corrected chi connectivity index (χ3v) is 3.60. The fraction of sp³-hybridized carbons (Fsp3) is 0.818. The molecule has 15 heavy (non-hydrogen) atoms. The van der Waals surface area contributed by atoms with Crippen molar-refractivity contribution in [2.24, 2.45) is 0 Å². The molecule has 1 aliphatic rings. The molecule has 2 rings (SSSR count). The fourth-order valence-electron chi connectivity index (χ4n) is 1.60. The van der Waals surface area contributed by atoms with Gasteiger partial charge < -0.3 is 4.90 Å². The molecule has 0 atom stereocenters. The van der Waals surface area contributed by atoms with E-state index in [1.54, 1.807) is 11.5 Å². The van der Waals surface area contributed by atoms with E-state index in [0.717, 1.165) is 24.0 Å². The number of hydrogen-bond acceptors (Lipinski definition) is 4. The zero-order valence-corrected chi connectivity index (χ0v) is 10.4. The summed E-state index contributed by atoms with van der Waals surface area (Å²) >= 11 is 1.57. The van der Waals surface area contributed by atoms with Gasteiger partial charge in [0.2, 0.25) is 5.13 Å². The van der Waals surface area contributed by atoms with Gasteiger partial charge in [-0.25, -0.2) is 4.98 Å². The average Bonchev–Trinajstić information content (AvgIpc) is 3.00. The van der Waals surface area contributed by atoms with E-state index in [9.17, 15) is 0 Å². The Kier molecular flexibility index (Phi) is 3.57. The van der Waals surface area contributed by atoms with E-state index in [-0.39, 0.29) is 0 Å². The SMILES string of the molecule is CCCCN(CC)c1nc(C2CC2)ns1. The van der Waals surface area contributed by atoms with Crippen LogP contribution in [0.2, 0.25) is 0 Å². The molecule has 0 amide bonds. The predicted octanol–water partition coefficient (Wildman–Crippen LogP) is 3.04. The Labute approximate surface area is 95.7 Å². The van der Waals surface area contributed by atoms with Crippen LogP contribution < -0.4 is 4.90 Å². The van der Waals surface area contributed by atoms with Gasteiger partial charge in [0.1, 0.15) is 5.82 Å². The van der Waals surface area contributed by atoms with Crippen molar-refractivity contribution in [2.45, 2.75) is 45.4 Å². The summed E-state index contributed by atoms with van der Waals surface area (Å²) in [7, 11) is 0. The molecule has 0 aliphatic heterocycles. The molecule has 0 bridgehead atoms. The molecule has 1 heterocycles. The van der Waals surface area contributed by atoms with Crippen LogP contribution in [-0.4, -0.2) is 22.4 Å². The molecule has 84 valence electrons. The molecular formula is C11H19N3S. The summed E-state index contributed by atoms with van der Waals surface area (Å²) in [5.41, 5.74) is 0. The van der Waals surface area contributed by atoms with Crippen LogP contribution in [0.1, 0.15) is 51.3 Å². The minimum Gasteiger partial charge on any atom is -0.347 e. The van der Waals surface area contributed by atoms with Crippen molar-refractivity contribution >= 4 is 16.7 Å². The van der Waals surface area contributed by atoms with E-state index in [1.807, 2.05) is 0 Å². The molecule has 0 N–H and O–H groups in total. The van der Waals surface area contributed by atoms with Gasteiger partial charge in [-0.3, -0.25) is 0 Å². The fourth-order valence-corrected chi connectivity index (χ4v) is 2.44. The monoisotopic (exact) mass is 225 g/mol. The first-order valence-electron chi connectivity index (χ1n) is 5.93. The summed E-state index contributed by atoms with van der Waals surface area (Å²) in [6.45, 7) is 6.57. The first-order chi connectivity index (χ1) is 7.35. The molecule has 1 aromatic heterocycles. The summed E-state index contributed by atoms with van der Waals surface area (Å²) < 4.78 is 4.44. The molecule has 1 fully saturated rings. The molecule has 0 radical (unpaired) electrons. The van der Waals surface area contributed by atoms with E-state index >= 15 is 0 Å². The van der Waals surface area contributed by atoms with Crippen molar-refractivity contribution in [3.63, 3.8) is 0 Å². The van der Waals surface area contributed by atoms with Crippen molar-refractivity contribution in [1.29, 1.82) is 0 Å². The Balaban J connectivity index is 1.98. The van der Waals surface area contributed by atoms with Gasteiger partial charge in [-0.2, -0.15) is 4.37 Å². The Bertz CT molecular complexity index is 307. The highest BCUT2D eigenvalue weighted by Crippen LogP contribution is 2.39. The number of hydrogen-bond donors (Lipinski definition) is 0. The lowest BCUT2D eigenvalue weighted by Gasteiger charge is -2.18. The van der Waals surface area contributed by atoms with Gasteiger partial charge in [-0.1, -0.05) is 13.3 Å². The normalized spacial score (nSPS) is 15.6. The van der Waals surface area contributed by atoms with Crippen molar-refractivity contribution < 1.29 is 0 Å². The van der Waals surface area contributed by atoms with E-state index in [2.05, 4.69) is 28.1 Å². The second-order valence-electron chi connectivity index (χ2n) is 4.14. The van der Waals surface area contributed by atoms with E-state index in [4.69, 9.17) is 0 Å². The second-order valence-corrected chi connectivity index (χ2v) is 4.87. The van der Waals surface area contributed by atoms with E-state index in [1.165, 1.54) is 25.7 Å². The maximum absolute atomic E-state index is 4.63. The van der Waals surface area contributed by atoms with Crippen LogP contribution in [0.15, 0.2) is 0 Å². The van der Waals surface area contributed by atoms with Gasteiger partial charge in [0.15, 0.2) is 0 Å². The lowest BCUT2D eigenvalue weighted by molar-refractivity contribution is 0.728. The van der Waals surface area contributed by atoms with Crippen LogP contribution in [0.25, 0.3) is 0 Å². The quantitative estimate of drug-likeness (QED) is 0.745. The average molecular weight is 225 g/mol. The summed E-state index contributed by atoms with van der Waals surface area (Å²) in [5, 5.41) is 1.12. The molecular weight excluding hydrogens is 206 g/mol. The zero-order chi connectivity index (χ0) is 10.7. The molecule has 0 saturated heterocycles. The highest BCUT2D eigenvalue weighted by Gasteiger charge is 2.28. The molecule has 0 spiro atoms. The van der Waals surface area contributed by atoms with E-state index < -0.39 is 0 Å². The smallest absolute Gasteiger partial charge is 0.205 e. The van der Waals surface area contributed by atoms with Crippen LogP contribution in [0.5, 0.6) is 0 Å². The Hall–Kier alpha value is -0.640. The summed E-state index contributed by atoms with van der Waals surface area (Å²) in [5.74, 6) is 1.77. The Morgan fingerprint density at radius 3 is 2.80 bits per heavy atom. The number of aromatic nitrogens is 2. The second kappa shape index (κ2) is 4.92. The molecule has 3 nitrogen and oxygen atoms in total. The third-order valence-electron chi connectivity index (χ3n) is 2.81. The van der Waals surface area contributed by atoms with Gasteiger partial charge in [-0.15, -0.1) is 0 Å². The van der Waals surface area contributed by atoms with Crippen LogP contribution in [0, 0.1) is 0 Å². The van der Waals surface area contributed by atoms with Crippen LogP contribution >= 0.6 is 11.5 Å². The minimum atomic E-state index is 0.680.